The van der Waals surface area contributed by atoms with Crippen LogP contribution >= 0.6 is 11.6 Å². The molecule has 5 nitrogen and oxygen atoms in total. The lowest BCUT2D eigenvalue weighted by Crippen LogP contribution is -2.52. The first-order valence-corrected chi connectivity index (χ1v) is 7.13. The first-order valence-electron chi connectivity index (χ1n) is 6.76. The van der Waals surface area contributed by atoms with Crippen molar-refractivity contribution < 1.29 is 9.90 Å². The molecule has 1 amide bonds. The van der Waals surface area contributed by atoms with Crippen molar-refractivity contribution in [2.75, 3.05) is 6.54 Å². The van der Waals surface area contributed by atoms with Gasteiger partial charge in [0, 0.05) is 17.6 Å². The molecule has 6 heteroatoms. The van der Waals surface area contributed by atoms with Crippen LogP contribution in [0.3, 0.4) is 0 Å². The monoisotopic (exact) mass is 297 g/mol. The Hall–Kier alpha value is -1.14. The van der Waals surface area contributed by atoms with Crippen LogP contribution in [-0.4, -0.2) is 35.9 Å². The summed E-state index contributed by atoms with van der Waals surface area (Å²) in [5.74, 6) is -0.0689. The van der Waals surface area contributed by atoms with Gasteiger partial charge in [0.2, 0.25) is 5.91 Å². The number of aliphatic hydroxyl groups excluding tert-OH is 1. The van der Waals surface area contributed by atoms with Crippen LogP contribution in [0, 0.1) is 0 Å². The maximum atomic E-state index is 12.2. The van der Waals surface area contributed by atoms with Gasteiger partial charge >= 0.3 is 0 Å². The van der Waals surface area contributed by atoms with Crippen LogP contribution in [0.15, 0.2) is 24.3 Å². The molecule has 0 aromatic heterocycles. The summed E-state index contributed by atoms with van der Waals surface area (Å²) in [7, 11) is 0. The predicted molar refractivity (Wildman–Crippen MR) is 78.3 cm³/mol. The third-order valence-electron chi connectivity index (χ3n) is 3.32. The van der Waals surface area contributed by atoms with Gasteiger partial charge in [0.25, 0.3) is 0 Å². The molecule has 1 aromatic carbocycles. The van der Waals surface area contributed by atoms with Crippen molar-refractivity contribution in [2.24, 2.45) is 0 Å². The van der Waals surface area contributed by atoms with Crippen LogP contribution in [0.2, 0.25) is 5.02 Å². The van der Waals surface area contributed by atoms with E-state index in [9.17, 15) is 9.90 Å². The smallest absolute Gasteiger partial charge is 0.239 e. The largest absolute Gasteiger partial charge is 0.379 e. The molecule has 0 bridgehead atoms. The van der Waals surface area contributed by atoms with E-state index in [1.54, 1.807) is 13.0 Å². The van der Waals surface area contributed by atoms with Gasteiger partial charge in [-0.25, -0.2) is 0 Å². The molecule has 0 aliphatic carbocycles. The van der Waals surface area contributed by atoms with Crippen molar-refractivity contribution in [2.45, 2.75) is 38.2 Å². The maximum absolute atomic E-state index is 12.2. The van der Waals surface area contributed by atoms with Crippen molar-refractivity contribution in [3.05, 3.63) is 34.9 Å². The van der Waals surface area contributed by atoms with E-state index in [0.717, 1.165) is 18.5 Å². The van der Waals surface area contributed by atoms with Gasteiger partial charge in [-0.15, -0.1) is 0 Å². The number of hydrogen-bond acceptors (Lipinski definition) is 4. The summed E-state index contributed by atoms with van der Waals surface area (Å²) in [6, 6.07) is 7.04. The molecule has 0 spiro atoms. The predicted octanol–water partition coefficient (Wildman–Crippen LogP) is 0.615. The maximum Gasteiger partial charge on any atom is 0.239 e. The van der Waals surface area contributed by atoms with Gasteiger partial charge in [-0.3, -0.25) is 10.1 Å². The second-order valence-electron chi connectivity index (χ2n) is 5.02. The zero-order chi connectivity index (χ0) is 14.5. The van der Waals surface area contributed by atoms with Gasteiger partial charge in [-0.05, 0) is 37.6 Å². The first-order chi connectivity index (χ1) is 9.56. The Balaban J connectivity index is 1.88. The molecule has 1 heterocycles. The molecule has 3 atom stereocenters. The molecule has 2 rings (SSSR count). The molecule has 110 valence electrons. The molecule has 4 N–H and O–H groups in total. The van der Waals surface area contributed by atoms with Gasteiger partial charge in [0.1, 0.15) is 12.3 Å². The zero-order valence-corrected chi connectivity index (χ0v) is 12.2. The van der Waals surface area contributed by atoms with Crippen molar-refractivity contribution in [1.82, 2.24) is 16.0 Å². The highest BCUT2D eigenvalue weighted by molar-refractivity contribution is 6.30. The quantitative estimate of drug-likeness (QED) is 0.601. The second-order valence-corrected chi connectivity index (χ2v) is 5.45. The summed E-state index contributed by atoms with van der Waals surface area (Å²) in [5.41, 5.74) is 0.962. The lowest BCUT2D eigenvalue weighted by atomic mass is 10.1. The number of nitrogens with one attached hydrogen (secondary N) is 3. The summed E-state index contributed by atoms with van der Waals surface area (Å²) in [6.07, 6.45) is 0.197. The van der Waals surface area contributed by atoms with Gasteiger partial charge in [0.05, 0.1) is 0 Å². The van der Waals surface area contributed by atoms with E-state index in [1.165, 1.54) is 0 Å². The molecule has 0 radical (unpaired) electrons. The number of amides is 1. The summed E-state index contributed by atoms with van der Waals surface area (Å²) >= 11 is 5.90. The van der Waals surface area contributed by atoms with Gasteiger partial charge in [-0.1, -0.05) is 23.7 Å². The van der Waals surface area contributed by atoms with Gasteiger partial charge in [-0.2, -0.15) is 0 Å². The van der Waals surface area contributed by atoms with Crippen LogP contribution in [0.1, 0.15) is 18.9 Å². The van der Waals surface area contributed by atoms with Crippen LogP contribution in [0.4, 0.5) is 0 Å². The highest BCUT2D eigenvalue weighted by atomic mass is 35.5. The third kappa shape index (κ3) is 4.18. The molecule has 20 heavy (non-hydrogen) atoms. The highest BCUT2D eigenvalue weighted by Crippen LogP contribution is 2.11. The summed E-state index contributed by atoms with van der Waals surface area (Å²) in [4.78, 5) is 12.2. The van der Waals surface area contributed by atoms with Crippen molar-refractivity contribution >= 4 is 17.5 Å². The average molecular weight is 298 g/mol. The standard InChI is InChI=1S/C14H20ClN3O2/c1-9(19)18-12-5-6-16-13(12)14(20)17-8-10-3-2-4-11(15)7-10/h2-4,7,9,12-13,16,18-19H,5-6,8H2,1H3,(H,17,20)/t9?,12?,13-/m0/s1. The fraction of sp³-hybridized carbons (Fsp3) is 0.500. The van der Waals surface area contributed by atoms with Crippen molar-refractivity contribution in [3.63, 3.8) is 0 Å². The van der Waals surface area contributed by atoms with Crippen LogP contribution in [0.5, 0.6) is 0 Å². The van der Waals surface area contributed by atoms with Crippen molar-refractivity contribution in [3.8, 4) is 0 Å². The molecular weight excluding hydrogens is 278 g/mol. The van der Waals surface area contributed by atoms with E-state index < -0.39 is 6.23 Å². The lowest BCUT2D eigenvalue weighted by molar-refractivity contribution is -0.123. The number of carbonyl (C=O) groups is 1. The lowest BCUT2D eigenvalue weighted by Gasteiger charge is -2.21. The molecule has 1 fully saturated rings. The minimum absolute atomic E-state index is 0.0469. The molecule has 1 saturated heterocycles. The third-order valence-corrected chi connectivity index (χ3v) is 3.55. The number of benzene rings is 1. The van der Waals surface area contributed by atoms with E-state index in [4.69, 9.17) is 11.6 Å². The molecule has 0 saturated carbocycles. The Morgan fingerprint density at radius 2 is 2.40 bits per heavy atom. The SMILES string of the molecule is CC(O)NC1CCN[C@@H]1C(=O)NCc1cccc(Cl)c1. The summed E-state index contributed by atoms with van der Waals surface area (Å²) in [6.45, 7) is 2.86. The highest BCUT2D eigenvalue weighted by Gasteiger charge is 2.32. The number of carbonyl (C=O) groups excluding carboxylic acids is 1. The van der Waals surface area contributed by atoms with Crippen molar-refractivity contribution in [1.29, 1.82) is 0 Å². The average Bonchev–Trinajstić information content (AvgIpc) is 2.83. The van der Waals surface area contributed by atoms with E-state index in [0.29, 0.717) is 11.6 Å². The summed E-state index contributed by atoms with van der Waals surface area (Å²) < 4.78 is 0. The number of halogens is 1. The molecule has 1 aliphatic rings. The molecular formula is C14H20ClN3O2. The van der Waals surface area contributed by atoms with E-state index in [1.807, 2.05) is 18.2 Å². The van der Waals surface area contributed by atoms with Gasteiger partial charge < -0.3 is 15.7 Å². The van der Waals surface area contributed by atoms with Crippen LogP contribution < -0.4 is 16.0 Å². The Morgan fingerprint density at radius 3 is 3.10 bits per heavy atom. The molecule has 1 aliphatic heterocycles. The van der Waals surface area contributed by atoms with Crippen LogP contribution in [-0.2, 0) is 11.3 Å². The summed E-state index contributed by atoms with van der Waals surface area (Å²) in [5, 5.41) is 19.1. The Labute approximate surface area is 123 Å². The minimum Gasteiger partial charge on any atom is -0.379 e. The fourth-order valence-electron chi connectivity index (χ4n) is 2.41. The molecule has 1 aromatic rings. The second kappa shape index (κ2) is 7.04. The van der Waals surface area contributed by atoms with Crippen LogP contribution in [0.25, 0.3) is 0 Å². The minimum atomic E-state index is -0.622. The molecule has 2 unspecified atom stereocenters. The first kappa shape index (κ1) is 15.3. The Kier molecular flexibility index (Phi) is 5.37. The zero-order valence-electron chi connectivity index (χ0n) is 11.4. The van der Waals surface area contributed by atoms with E-state index in [-0.39, 0.29) is 18.0 Å². The van der Waals surface area contributed by atoms with E-state index >= 15 is 0 Å². The number of hydrogen-bond donors (Lipinski definition) is 4. The van der Waals surface area contributed by atoms with Gasteiger partial charge in [0.15, 0.2) is 0 Å². The topological polar surface area (TPSA) is 73.4 Å². The fourth-order valence-corrected chi connectivity index (χ4v) is 2.63. The normalized spacial score (nSPS) is 23.6. The number of rotatable bonds is 5. The van der Waals surface area contributed by atoms with E-state index in [2.05, 4.69) is 16.0 Å². The Morgan fingerprint density at radius 1 is 1.60 bits per heavy atom. The number of aliphatic hydroxyl groups is 1. The Bertz CT molecular complexity index is 467.